The van der Waals surface area contributed by atoms with Crippen LogP contribution in [-0.4, -0.2) is 53.8 Å². The summed E-state index contributed by atoms with van der Waals surface area (Å²) < 4.78 is 0. The molecular weight excluding hydrogens is 362 g/mol. The second kappa shape index (κ2) is 8.09. The standard InChI is InChI=1S/C24H29N3O2/c1-17-6-4-9-20(14-17)16-25-10-12-26(13-11-25)21-15-22(28)27(24(21)29)23-18(2)7-5-8-19(23)3/h4-9,14,21H,10-13,15-16H2,1-3H3/t21-/m1/s1. The van der Waals surface area contributed by atoms with Crippen LogP contribution in [-0.2, 0) is 16.1 Å². The molecule has 4 rings (SSSR count). The molecule has 2 fully saturated rings. The van der Waals surface area contributed by atoms with Gasteiger partial charge in [-0.3, -0.25) is 19.4 Å². The van der Waals surface area contributed by atoms with Crippen LogP contribution in [0.25, 0.3) is 0 Å². The van der Waals surface area contributed by atoms with Crippen molar-refractivity contribution in [3.8, 4) is 0 Å². The molecule has 1 atom stereocenters. The number of benzene rings is 2. The molecule has 5 nitrogen and oxygen atoms in total. The maximum absolute atomic E-state index is 13.2. The van der Waals surface area contributed by atoms with Crippen LogP contribution in [0.2, 0.25) is 0 Å². The van der Waals surface area contributed by atoms with Gasteiger partial charge in [-0.05, 0) is 37.5 Å². The molecule has 0 aromatic heterocycles. The van der Waals surface area contributed by atoms with E-state index in [1.165, 1.54) is 16.0 Å². The molecule has 152 valence electrons. The Morgan fingerprint density at radius 1 is 0.897 bits per heavy atom. The molecule has 2 aromatic rings. The Labute approximate surface area is 172 Å². The molecule has 2 aliphatic heterocycles. The van der Waals surface area contributed by atoms with E-state index in [2.05, 4.69) is 41.0 Å². The Hall–Kier alpha value is -2.50. The van der Waals surface area contributed by atoms with Crippen LogP contribution in [0.5, 0.6) is 0 Å². The monoisotopic (exact) mass is 391 g/mol. The minimum Gasteiger partial charge on any atom is -0.297 e. The van der Waals surface area contributed by atoms with E-state index in [-0.39, 0.29) is 24.3 Å². The number of carbonyl (C=O) groups excluding carboxylic acids is 2. The summed E-state index contributed by atoms with van der Waals surface area (Å²) >= 11 is 0. The fourth-order valence-electron chi connectivity index (χ4n) is 4.60. The lowest BCUT2D eigenvalue weighted by Crippen LogP contribution is -2.52. The van der Waals surface area contributed by atoms with Gasteiger partial charge in [0.15, 0.2) is 0 Å². The fraction of sp³-hybridized carbons (Fsp3) is 0.417. The summed E-state index contributed by atoms with van der Waals surface area (Å²) in [5, 5.41) is 0. The Balaban J connectivity index is 1.42. The molecule has 2 heterocycles. The van der Waals surface area contributed by atoms with Gasteiger partial charge in [-0.25, -0.2) is 4.90 Å². The van der Waals surface area contributed by atoms with Crippen molar-refractivity contribution in [2.75, 3.05) is 31.1 Å². The van der Waals surface area contributed by atoms with Gasteiger partial charge in [-0.15, -0.1) is 0 Å². The topological polar surface area (TPSA) is 43.9 Å². The zero-order valence-corrected chi connectivity index (χ0v) is 17.5. The number of rotatable bonds is 4. The lowest BCUT2D eigenvalue weighted by Gasteiger charge is -2.37. The van der Waals surface area contributed by atoms with Crippen LogP contribution < -0.4 is 4.90 Å². The highest BCUT2D eigenvalue weighted by atomic mass is 16.2. The first-order valence-corrected chi connectivity index (χ1v) is 10.4. The quantitative estimate of drug-likeness (QED) is 0.752. The first-order chi connectivity index (χ1) is 13.9. The van der Waals surface area contributed by atoms with E-state index < -0.39 is 0 Å². The van der Waals surface area contributed by atoms with Crippen molar-refractivity contribution in [2.24, 2.45) is 0 Å². The molecule has 0 aliphatic carbocycles. The molecule has 0 spiro atoms. The van der Waals surface area contributed by atoms with E-state index in [1.807, 2.05) is 32.0 Å². The average molecular weight is 392 g/mol. The van der Waals surface area contributed by atoms with Crippen molar-refractivity contribution >= 4 is 17.5 Å². The van der Waals surface area contributed by atoms with Crippen LogP contribution in [0.1, 0.15) is 28.7 Å². The van der Waals surface area contributed by atoms with Crippen molar-refractivity contribution in [1.29, 1.82) is 0 Å². The lowest BCUT2D eigenvalue weighted by molar-refractivity contribution is -0.123. The van der Waals surface area contributed by atoms with Gasteiger partial charge in [0.1, 0.15) is 0 Å². The van der Waals surface area contributed by atoms with E-state index in [0.717, 1.165) is 49.5 Å². The summed E-state index contributed by atoms with van der Waals surface area (Å²) in [7, 11) is 0. The van der Waals surface area contributed by atoms with E-state index in [1.54, 1.807) is 0 Å². The van der Waals surface area contributed by atoms with Gasteiger partial charge in [0, 0.05) is 32.7 Å². The van der Waals surface area contributed by atoms with Crippen molar-refractivity contribution in [3.63, 3.8) is 0 Å². The number of amides is 2. The number of aryl methyl sites for hydroxylation is 3. The molecule has 2 aliphatic rings. The largest absolute Gasteiger partial charge is 0.297 e. The normalized spacial score (nSPS) is 21.2. The molecule has 0 N–H and O–H groups in total. The molecule has 29 heavy (non-hydrogen) atoms. The summed E-state index contributed by atoms with van der Waals surface area (Å²) in [6, 6.07) is 14.2. The third-order valence-electron chi connectivity index (χ3n) is 6.12. The average Bonchev–Trinajstić information content (AvgIpc) is 2.97. The number of nitrogens with zero attached hydrogens (tertiary/aromatic N) is 3. The Kier molecular flexibility index (Phi) is 5.52. The van der Waals surface area contributed by atoms with Crippen molar-refractivity contribution in [3.05, 3.63) is 64.7 Å². The van der Waals surface area contributed by atoms with Crippen molar-refractivity contribution in [2.45, 2.75) is 39.8 Å². The highest BCUT2D eigenvalue weighted by Gasteiger charge is 2.44. The van der Waals surface area contributed by atoms with Gasteiger partial charge in [-0.2, -0.15) is 0 Å². The second-order valence-corrected chi connectivity index (χ2v) is 8.33. The SMILES string of the molecule is Cc1cccc(CN2CCN([C@@H]3CC(=O)N(c4c(C)cccc4C)C3=O)CC2)c1. The summed E-state index contributed by atoms with van der Waals surface area (Å²) in [4.78, 5) is 32.0. The number of imide groups is 1. The van der Waals surface area contributed by atoms with Crippen LogP contribution >= 0.6 is 0 Å². The predicted molar refractivity (Wildman–Crippen MR) is 115 cm³/mol. The molecule has 5 heteroatoms. The predicted octanol–water partition coefficient (Wildman–Crippen LogP) is 3.06. The third-order valence-corrected chi connectivity index (χ3v) is 6.12. The van der Waals surface area contributed by atoms with E-state index >= 15 is 0 Å². The molecular formula is C24H29N3O2. The smallest absolute Gasteiger partial charge is 0.251 e. The minimum atomic E-state index is -0.331. The van der Waals surface area contributed by atoms with Gasteiger partial charge < -0.3 is 0 Å². The van der Waals surface area contributed by atoms with Crippen molar-refractivity contribution < 1.29 is 9.59 Å². The first-order valence-electron chi connectivity index (χ1n) is 10.4. The second-order valence-electron chi connectivity index (χ2n) is 8.33. The fourth-order valence-corrected chi connectivity index (χ4v) is 4.60. The van der Waals surface area contributed by atoms with E-state index in [0.29, 0.717) is 0 Å². The Bertz CT molecular complexity index is 911. The molecule has 2 amide bonds. The van der Waals surface area contributed by atoms with Gasteiger partial charge in [0.25, 0.3) is 5.91 Å². The lowest BCUT2D eigenvalue weighted by atomic mass is 10.1. The number of hydrogen-bond acceptors (Lipinski definition) is 4. The number of anilines is 1. The van der Waals surface area contributed by atoms with Gasteiger partial charge in [0.2, 0.25) is 5.91 Å². The van der Waals surface area contributed by atoms with Gasteiger partial charge in [-0.1, -0.05) is 48.0 Å². The maximum Gasteiger partial charge on any atom is 0.251 e. The van der Waals surface area contributed by atoms with Gasteiger partial charge >= 0.3 is 0 Å². The molecule has 2 saturated heterocycles. The molecule has 0 radical (unpaired) electrons. The highest BCUT2D eigenvalue weighted by molar-refractivity contribution is 6.23. The molecule has 0 saturated carbocycles. The summed E-state index contributed by atoms with van der Waals surface area (Å²) in [5.74, 6) is -0.154. The number of hydrogen-bond donors (Lipinski definition) is 0. The van der Waals surface area contributed by atoms with E-state index in [9.17, 15) is 9.59 Å². The first kappa shape index (κ1) is 19.8. The minimum absolute atomic E-state index is 0.0699. The highest BCUT2D eigenvalue weighted by Crippen LogP contribution is 2.31. The van der Waals surface area contributed by atoms with Crippen LogP contribution in [0, 0.1) is 20.8 Å². The van der Waals surface area contributed by atoms with E-state index in [4.69, 9.17) is 0 Å². The third kappa shape index (κ3) is 3.98. The Morgan fingerprint density at radius 3 is 2.21 bits per heavy atom. The van der Waals surface area contributed by atoms with Crippen LogP contribution in [0.15, 0.2) is 42.5 Å². The molecule has 2 aromatic carbocycles. The summed E-state index contributed by atoms with van der Waals surface area (Å²) in [6.45, 7) is 10.4. The Morgan fingerprint density at radius 2 is 1.55 bits per heavy atom. The zero-order valence-electron chi connectivity index (χ0n) is 17.5. The van der Waals surface area contributed by atoms with Gasteiger partial charge in [0.05, 0.1) is 18.2 Å². The summed E-state index contributed by atoms with van der Waals surface area (Å²) in [6.07, 6.45) is 0.282. The molecule has 0 bridgehead atoms. The zero-order chi connectivity index (χ0) is 20.5. The number of carbonyl (C=O) groups is 2. The van der Waals surface area contributed by atoms with Crippen LogP contribution in [0.3, 0.4) is 0 Å². The van der Waals surface area contributed by atoms with Crippen molar-refractivity contribution in [1.82, 2.24) is 9.80 Å². The van der Waals surface area contributed by atoms with Crippen LogP contribution in [0.4, 0.5) is 5.69 Å². The number of piperazine rings is 1. The number of para-hydroxylation sites is 1. The maximum atomic E-state index is 13.2. The summed E-state index contributed by atoms with van der Waals surface area (Å²) in [5.41, 5.74) is 5.31. The molecule has 0 unspecified atom stereocenters.